The van der Waals surface area contributed by atoms with Gasteiger partial charge in [-0.1, -0.05) is 32.0 Å². The minimum Gasteiger partial charge on any atom is -0.494 e. The van der Waals surface area contributed by atoms with Gasteiger partial charge in [-0.25, -0.2) is 4.98 Å². The van der Waals surface area contributed by atoms with E-state index < -0.39 is 0 Å². The van der Waals surface area contributed by atoms with Gasteiger partial charge < -0.3 is 9.84 Å². The molecule has 2 heterocycles. The second-order valence-corrected chi connectivity index (χ2v) is 7.62. The molecule has 1 atom stereocenters. The monoisotopic (exact) mass is 357 g/mol. The minimum atomic E-state index is 0.249. The topological polar surface area (TPSA) is 48.8 Å². The zero-order valence-electron chi connectivity index (χ0n) is 16.2. The molecule has 0 amide bonds. The van der Waals surface area contributed by atoms with E-state index in [1.165, 1.54) is 0 Å². The maximum Gasteiger partial charge on any atom is 0.145 e. The highest BCUT2D eigenvalue weighted by atomic mass is 16.5. The van der Waals surface area contributed by atoms with Crippen LogP contribution in [-0.4, -0.2) is 65.8 Å². The van der Waals surface area contributed by atoms with Crippen molar-refractivity contribution in [3.63, 3.8) is 0 Å². The van der Waals surface area contributed by atoms with Gasteiger partial charge in [0.2, 0.25) is 0 Å². The van der Waals surface area contributed by atoms with Crippen molar-refractivity contribution in [2.24, 2.45) is 5.92 Å². The van der Waals surface area contributed by atoms with Crippen LogP contribution in [0.2, 0.25) is 0 Å². The number of ether oxygens (including phenoxy) is 1. The van der Waals surface area contributed by atoms with Crippen LogP contribution < -0.4 is 4.74 Å². The van der Waals surface area contributed by atoms with E-state index in [-0.39, 0.29) is 6.61 Å². The molecule has 1 aromatic carbocycles. The Kier molecular flexibility index (Phi) is 6.46. The lowest BCUT2D eigenvalue weighted by Crippen LogP contribution is -2.53. The van der Waals surface area contributed by atoms with E-state index in [1.54, 1.807) is 7.11 Å². The summed E-state index contributed by atoms with van der Waals surface area (Å²) in [6.07, 6.45) is 0.836. The van der Waals surface area contributed by atoms with Gasteiger partial charge in [0.25, 0.3) is 0 Å². The Morgan fingerprint density at radius 3 is 2.81 bits per heavy atom. The van der Waals surface area contributed by atoms with Crippen molar-refractivity contribution in [1.82, 2.24) is 14.8 Å². The molecule has 1 aromatic heterocycles. The third-order valence-electron chi connectivity index (χ3n) is 5.10. The highest BCUT2D eigenvalue weighted by molar-refractivity contribution is 5.84. The van der Waals surface area contributed by atoms with Crippen molar-refractivity contribution in [2.75, 3.05) is 39.9 Å². The summed E-state index contributed by atoms with van der Waals surface area (Å²) in [5.41, 5.74) is 2.00. The third-order valence-corrected chi connectivity index (χ3v) is 5.10. The number of fused-ring (bicyclic) bond motifs is 1. The number of pyridine rings is 1. The Hall–Kier alpha value is -1.69. The van der Waals surface area contributed by atoms with Crippen LogP contribution in [0.15, 0.2) is 30.3 Å². The van der Waals surface area contributed by atoms with Crippen LogP contribution >= 0.6 is 0 Å². The fourth-order valence-corrected chi connectivity index (χ4v) is 3.88. The van der Waals surface area contributed by atoms with Gasteiger partial charge in [0, 0.05) is 50.8 Å². The lowest BCUT2D eigenvalue weighted by atomic mass is 10.1. The Bertz CT molecular complexity index is 719. The van der Waals surface area contributed by atoms with E-state index in [4.69, 9.17) is 9.72 Å². The fraction of sp³-hybridized carbons (Fsp3) is 0.571. The molecule has 2 aromatic rings. The number of hydrogen-bond acceptors (Lipinski definition) is 5. The largest absolute Gasteiger partial charge is 0.494 e. The zero-order valence-corrected chi connectivity index (χ0v) is 16.2. The molecule has 3 rings (SSSR count). The normalized spacial score (nSPS) is 19.3. The van der Waals surface area contributed by atoms with Gasteiger partial charge in [-0.05, 0) is 24.5 Å². The second kappa shape index (κ2) is 8.80. The van der Waals surface area contributed by atoms with Crippen molar-refractivity contribution in [3.05, 3.63) is 36.0 Å². The van der Waals surface area contributed by atoms with Crippen molar-refractivity contribution in [1.29, 1.82) is 0 Å². The molecule has 5 nitrogen and oxygen atoms in total. The van der Waals surface area contributed by atoms with Crippen LogP contribution in [0.4, 0.5) is 0 Å². The number of hydrogen-bond donors (Lipinski definition) is 1. The van der Waals surface area contributed by atoms with Gasteiger partial charge in [0.15, 0.2) is 0 Å². The van der Waals surface area contributed by atoms with Crippen molar-refractivity contribution >= 4 is 10.9 Å². The van der Waals surface area contributed by atoms with Crippen LogP contribution in [0, 0.1) is 5.92 Å². The van der Waals surface area contributed by atoms with Crippen LogP contribution in [0.5, 0.6) is 5.75 Å². The zero-order chi connectivity index (χ0) is 18.5. The number of para-hydroxylation sites is 1. The molecule has 0 radical (unpaired) electrons. The predicted octanol–water partition coefficient (Wildman–Crippen LogP) is 2.77. The van der Waals surface area contributed by atoms with E-state index in [1.807, 2.05) is 12.1 Å². The van der Waals surface area contributed by atoms with Gasteiger partial charge in [0.05, 0.1) is 12.8 Å². The summed E-state index contributed by atoms with van der Waals surface area (Å²) in [6, 6.07) is 10.7. The molecular weight excluding hydrogens is 326 g/mol. The maximum absolute atomic E-state index is 9.45. The average molecular weight is 357 g/mol. The predicted molar refractivity (Wildman–Crippen MR) is 105 cm³/mol. The van der Waals surface area contributed by atoms with Gasteiger partial charge in [-0.15, -0.1) is 0 Å². The highest BCUT2D eigenvalue weighted by Gasteiger charge is 2.27. The van der Waals surface area contributed by atoms with Crippen molar-refractivity contribution in [3.8, 4) is 5.75 Å². The number of aromatic nitrogens is 1. The molecule has 1 aliphatic rings. The van der Waals surface area contributed by atoms with E-state index in [0.29, 0.717) is 12.0 Å². The van der Waals surface area contributed by atoms with E-state index in [2.05, 4.69) is 41.8 Å². The summed E-state index contributed by atoms with van der Waals surface area (Å²) in [6.45, 7) is 9.79. The first kappa shape index (κ1) is 19.1. The van der Waals surface area contributed by atoms with Gasteiger partial charge in [-0.2, -0.15) is 0 Å². The Morgan fingerprint density at radius 1 is 1.23 bits per heavy atom. The van der Waals surface area contributed by atoms with E-state index in [0.717, 1.165) is 61.5 Å². The molecule has 1 fully saturated rings. The number of piperazine rings is 1. The molecule has 0 spiro atoms. The first-order valence-electron chi connectivity index (χ1n) is 9.60. The van der Waals surface area contributed by atoms with Gasteiger partial charge in [-0.3, -0.25) is 9.80 Å². The lowest BCUT2D eigenvalue weighted by molar-refractivity contribution is 0.0472. The molecule has 0 unspecified atom stereocenters. The number of aliphatic hydroxyl groups excluding tert-OH is 1. The quantitative estimate of drug-likeness (QED) is 0.826. The molecule has 0 bridgehead atoms. The van der Waals surface area contributed by atoms with E-state index in [9.17, 15) is 5.11 Å². The first-order valence-corrected chi connectivity index (χ1v) is 9.60. The molecule has 26 heavy (non-hydrogen) atoms. The molecule has 1 N–H and O–H groups in total. The molecule has 0 aliphatic carbocycles. The lowest BCUT2D eigenvalue weighted by Gasteiger charge is -2.42. The number of aliphatic hydroxyl groups is 1. The van der Waals surface area contributed by atoms with Gasteiger partial charge >= 0.3 is 0 Å². The molecule has 1 aliphatic heterocycles. The van der Waals surface area contributed by atoms with Crippen LogP contribution in [0.25, 0.3) is 10.9 Å². The Morgan fingerprint density at radius 2 is 2.08 bits per heavy atom. The standard InChI is InChI=1S/C21H31N3O2/c1-16(2)13-24-11-10-23(15-19(24)9-12-25)14-18-8-7-17-5-4-6-20(26-3)21(17)22-18/h4-8,16,19,25H,9-15H2,1-3H3/t19-/m0/s1. The number of benzene rings is 1. The number of methoxy groups -OCH3 is 1. The molecule has 1 saturated heterocycles. The second-order valence-electron chi connectivity index (χ2n) is 7.62. The van der Waals surface area contributed by atoms with E-state index >= 15 is 0 Å². The molecule has 5 heteroatoms. The Balaban J connectivity index is 1.71. The van der Waals surface area contributed by atoms with Crippen LogP contribution in [0.3, 0.4) is 0 Å². The molecule has 142 valence electrons. The first-order chi connectivity index (χ1) is 12.6. The van der Waals surface area contributed by atoms with Crippen molar-refractivity contribution < 1.29 is 9.84 Å². The summed E-state index contributed by atoms with van der Waals surface area (Å²) in [7, 11) is 1.69. The third kappa shape index (κ3) is 4.53. The molecule has 0 saturated carbocycles. The summed E-state index contributed by atoms with van der Waals surface area (Å²) in [5, 5.41) is 10.6. The fourth-order valence-electron chi connectivity index (χ4n) is 3.88. The summed E-state index contributed by atoms with van der Waals surface area (Å²) in [4.78, 5) is 9.84. The minimum absolute atomic E-state index is 0.249. The SMILES string of the molecule is COc1cccc2ccc(CN3CCN(CC(C)C)[C@@H](CCO)C3)nc12. The smallest absolute Gasteiger partial charge is 0.145 e. The summed E-state index contributed by atoms with van der Waals surface area (Å²) in [5.74, 6) is 1.47. The number of rotatable bonds is 7. The average Bonchev–Trinajstić information content (AvgIpc) is 2.63. The maximum atomic E-state index is 9.45. The Labute approximate surface area is 156 Å². The van der Waals surface area contributed by atoms with Crippen molar-refractivity contribution in [2.45, 2.75) is 32.9 Å². The molecular formula is C21H31N3O2. The van der Waals surface area contributed by atoms with Crippen LogP contribution in [0.1, 0.15) is 26.0 Å². The summed E-state index contributed by atoms with van der Waals surface area (Å²) < 4.78 is 5.46. The number of nitrogens with zero attached hydrogens (tertiary/aromatic N) is 3. The summed E-state index contributed by atoms with van der Waals surface area (Å²) >= 11 is 0. The highest BCUT2D eigenvalue weighted by Crippen LogP contribution is 2.24. The van der Waals surface area contributed by atoms with Gasteiger partial charge in [0.1, 0.15) is 11.3 Å². The van der Waals surface area contributed by atoms with Crippen LogP contribution in [-0.2, 0) is 6.54 Å².